The summed E-state index contributed by atoms with van der Waals surface area (Å²) in [7, 11) is 0. The first-order valence-electron chi connectivity index (χ1n) is 8.84. The molecule has 2 bridgehead atoms. The van der Waals surface area contributed by atoms with Gasteiger partial charge in [0.2, 0.25) is 0 Å². The van der Waals surface area contributed by atoms with Gasteiger partial charge in [-0.2, -0.15) is 0 Å². The van der Waals surface area contributed by atoms with E-state index < -0.39 is 35.2 Å². The Morgan fingerprint density at radius 1 is 1.39 bits per heavy atom. The summed E-state index contributed by atoms with van der Waals surface area (Å²) in [6, 6.07) is 4.30. The first-order valence-corrected chi connectivity index (χ1v) is 9.75. The number of nitrogens with one attached hydrogen (secondary N) is 1. The van der Waals surface area contributed by atoms with Crippen molar-refractivity contribution >= 4 is 45.2 Å². The number of halogens is 1. The second-order valence-electron chi connectivity index (χ2n) is 7.38. The molecule has 1 saturated heterocycles. The highest BCUT2D eigenvalue weighted by Gasteiger charge is 2.68. The van der Waals surface area contributed by atoms with Crippen molar-refractivity contribution < 1.29 is 28.8 Å². The van der Waals surface area contributed by atoms with Crippen molar-refractivity contribution in [1.29, 1.82) is 0 Å². The Kier molecular flexibility index (Phi) is 4.60. The number of esters is 2. The quantitative estimate of drug-likeness (QED) is 0.313. The average Bonchev–Trinajstić information content (AvgIpc) is 3.25. The lowest BCUT2D eigenvalue weighted by atomic mass is 9.80. The van der Waals surface area contributed by atoms with Crippen molar-refractivity contribution in [1.82, 2.24) is 0 Å². The summed E-state index contributed by atoms with van der Waals surface area (Å²) in [6.07, 6.45) is 0.530. The molecule has 4 rings (SSSR count). The first-order chi connectivity index (χ1) is 13.3. The van der Waals surface area contributed by atoms with Gasteiger partial charge < -0.3 is 14.8 Å². The van der Waals surface area contributed by atoms with Crippen molar-refractivity contribution in [2.24, 2.45) is 23.7 Å². The van der Waals surface area contributed by atoms with Crippen LogP contribution in [0.3, 0.4) is 0 Å². The number of amides is 1. The van der Waals surface area contributed by atoms with E-state index in [-0.39, 0.29) is 40.1 Å². The highest BCUT2D eigenvalue weighted by atomic mass is 79.9. The van der Waals surface area contributed by atoms with E-state index in [0.29, 0.717) is 5.56 Å². The van der Waals surface area contributed by atoms with Gasteiger partial charge in [-0.3, -0.25) is 24.5 Å². The fraction of sp³-hybridized carbons (Fsp3) is 0.500. The zero-order chi connectivity index (χ0) is 20.2. The standard InChI is InChI=1S/C18H17BrN2O7/c1-7-2-3-8(4-11(7)21(25)26)20-12(22)6-27-17(23)13-9-5-10-14(13)18(24)28-16(10)15(9)19/h2-4,9-10,13-16H,5-6H2,1H3,(H,20,22)/t9-,10-,13-,14-,15-,16+/m1/s1. The zero-order valence-electron chi connectivity index (χ0n) is 14.8. The Morgan fingerprint density at radius 3 is 2.86 bits per heavy atom. The monoisotopic (exact) mass is 452 g/mol. The molecule has 1 aromatic rings. The first kappa shape index (κ1) is 18.9. The Bertz CT molecular complexity index is 889. The lowest BCUT2D eigenvalue weighted by Crippen LogP contribution is -2.39. The number of carbonyl (C=O) groups is 3. The summed E-state index contributed by atoms with van der Waals surface area (Å²) in [5.41, 5.74) is 0.590. The summed E-state index contributed by atoms with van der Waals surface area (Å²) >= 11 is 3.51. The van der Waals surface area contributed by atoms with E-state index in [1.807, 2.05) is 0 Å². The van der Waals surface area contributed by atoms with Crippen LogP contribution in [-0.2, 0) is 23.9 Å². The molecular formula is C18H17BrN2O7. The van der Waals surface area contributed by atoms with Gasteiger partial charge in [-0.1, -0.05) is 22.0 Å². The fourth-order valence-corrected chi connectivity index (χ4v) is 5.65. The molecule has 10 heteroatoms. The Hall–Kier alpha value is -2.49. The maximum atomic E-state index is 12.5. The number of hydrogen-bond donors (Lipinski definition) is 1. The largest absolute Gasteiger partial charge is 0.461 e. The highest BCUT2D eigenvalue weighted by molar-refractivity contribution is 9.09. The maximum Gasteiger partial charge on any atom is 0.310 e. The second-order valence-corrected chi connectivity index (χ2v) is 8.43. The van der Waals surface area contributed by atoms with Crippen molar-refractivity contribution in [2.45, 2.75) is 24.3 Å². The minimum absolute atomic E-state index is 0.0151. The molecule has 3 aliphatic rings. The van der Waals surface area contributed by atoms with Crippen molar-refractivity contribution in [3.8, 4) is 0 Å². The van der Waals surface area contributed by atoms with Gasteiger partial charge in [0.05, 0.1) is 21.6 Å². The predicted molar refractivity (Wildman–Crippen MR) is 98.6 cm³/mol. The van der Waals surface area contributed by atoms with Gasteiger partial charge >= 0.3 is 11.9 Å². The maximum absolute atomic E-state index is 12.5. The SMILES string of the molecule is Cc1ccc(NC(=O)COC(=O)[C@@H]2[C@H]3C[C@H]4[C@H](OC(=O)[C@H]42)[C@@H]3Br)cc1[N+](=O)[O-]. The number of rotatable bonds is 5. The fourth-order valence-electron chi connectivity index (χ4n) is 4.61. The van der Waals surface area contributed by atoms with Gasteiger partial charge in [0.25, 0.3) is 11.6 Å². The molecule has 6 atom stereocenters. The normalized spacial score (nSPS) is 32.1. The molecule has 0 unspecified atom stereocenters. The molecule has 2 saturated carbocycles. The van der Waals surface area contributed by atoms with Crippen LogP contribution in [0.1, 0.15) is 12.0 Å². The number of anilines is 1. The van der Waals surface area contributed by atoms with E-state index in [9.17, 15) is 24.5 Å². The number of ether oxygens (including phenoxy) is 2. The molecule has 0 radical (unpaired) electrons. The van der Waals surface area contributed by atoms with Crippen LogP contribution in [0.5, 0.6) is 0 Å². The van der Waals surface area contributed by atoms with Gasteiger partial charge in [-0.15, -0.1) is 0 Å². The molecule has 2 aliphatic carbocycles. The van der Waals surface area contributed by atoms with Crippen molar-refractivity contribution in [3.63, 3.8) is 0 Å². The van der Waals surface area contributed by atoms with E-state index in [4.69, 9.17) is 9.47 Å². The third-order valence-electron chi connectivity index (χ3n) is 5.83. The van der Waals surface area contributed by atoms with Gasteiger partial charge in [0.15, 0.2) is 6.61 Å². The van der Waals surface area contributed by atoms with E-state index >= 15 is 0 Å². The van der Waals surface area contributed by atoms with Crippen LogP contribution in [0, 0.1) is 40.7 Å². The number of carbonyl (C=O) groups excluding carboxylic acids is 3. The van der Waals surface area contributed by atoms with Gasteiger partial charge in [0.1, 0.15) is 6.10 Å². The topological polar surface area (TPSA) is 125 Å². The minimum Gasteiger partial charge on any atom is -0.461 e. The number of benzene rings is 1. The molecule has 0 aromatic heterocycles. The Balaban J connectivity index is 1.37. The van der Waals surface area contributed by atoms with Gasteiger partial charge in [-0.25, -0.2) is 0 Å². The number of nitrogens with zero attached hydrogens (tertiary/aromatic N) is 1. The molecule has 1 heterocycles. The molecule has 148 valence electrons. The lowest BCUT2D eigenvalue weighted by molar-refractivity contribution is -0.385. The highest BCUT2D eigenvalue weighted by Crippen LogP contribution is 2.60. The number of fused-ring (bicyclic) bond motifs is 1. The van der Waals surface area contributed by atoms with Crippen LogP contribution in [0.15, 0.2) is 18.2 Å². The van der Waals surface area contributed by atoms with Gasteiger partial charge in [0, 0.05) is 23.2 Å². The van der Waals surface area contributed by atoms with Crippen LogP contribution >= 0.6 is 15.9 Å². The summed E-state index contributed by atoms with van der Waals surface area (Å²) < 4.78 is 10.5. The van der Waals surface area contributed by atoms with E-state index in [1.54, 1.807) is 6.92 Å². The lowest BCUT2D eigenvalue weighted by Gasteiger charge is -2.26. The third-order valence-corrected chi connectivity index (χ3v) is 7.03. The second kappa shape index (κ2) is 6.84. The molecule has 0 spiro atoms. The van der Waals surface area contributed by atoms with Crippen LogP contribution in [0.2, 0.25) is 0 Å². The summed E-state index contributed by atoms with van der Waals surface area (Å²) in [4.78, 5) is 47.0. The molecule has 1 amide bonds. The minimum atomic E-state index is -0.617. The van der Waals surface area contributed by atoms with Crippen LogP contribution in [0.4, 0.5) is 11.4 Å². The molecule has 1 aliphatic heterocycles. The van der Waals surface area contributed by atoms with Crippen molar-refractivity contribution in [2.75, 3.05) is 11.9 Å². The summed E-state index contributed by atoms with van der Waals surface area (Å²) in [5.74, 6) is -2.74. The van der Waals surface area contributed by atoms with E-state index in [1.165, 1.54) is 18.2 Å². The van der Waals surface area contributed by atoms with Gasteiger partial charge in [-0.05, 0) is 25.3 Å². The third kappa shape index (κ3) is 2.95. The van der Waals surface area contributed by atoms with E-state index in [2.05, 4.69) is 21.2 Å². The van der Waals surface area contributed by atoms with Crippen molar-refractivity contribution in [3.05, 3.63) is 33.9 Å². The molecular weight excluding hydrogens is 436 g/mol. The molecule has 3 fully saturated rings. The molecule has 28 heavy (non-hydrogen) atoms. The molecule has 1 aromatic carbocycles. The predicted octanol–water partition coefficient (Wildman–Crippen LogP) is 1.96. The number of aryl methyl sites for hydroxylation is 1. The Morgan fingerprint density at radius 2 is 2.14 bits per heavy atom. The zero-order valence-corrected chi connectivity index (χ0v) is 16.4. The van der Waals surface area contributed by atoms with Crippen LogP contribution in [0.25, 0.3) is 0 Å². The Labute approximate surface area is 168 Å². The average molecular weight is 453 g/mol. The number of hydrogen-bond acceptors (Lipinski definition) is 7. The number of nitro groups is 1. The smallest absolute Gasteiger partial charge is 0.310 e. The number of nitro benzene ring substituents is 1. The molecule has 9 nitrogen and oxygen atoms in total. The summed E-state index contributed by atoms with van der Waals surface area (Å²) in [5, 5.41) is 13.5. The number of alkyl halides is 1. The van der Waals surface area contributed by atoms with Crippen LogP contribution < -0.4 is 5.32 Å². The van der Waals surface area contributed by atoms with E-state index in [0.717, 1.165) is 6.42 Å². The van der Waals surface area contributed by atoms with Crippen LogP contribution in [-0.4, -0.2) is 40.3 Å². The summed E-state index contributed by atoms with van der Waals surface area (Å²) in [6.45, 7) is 1.06. The molecule has 1 N–H and O–H groups in total.